The van der Waals surface area contributed by atoms with Gasteiger partial charge in [-0.1, -0.05) is 36.4 Å². The standard InChI is InChI=1S/C25H31N5O2S2/c1-20-26-30(25(33)29(20)18-21-7-3-2-4-8-21)19-27-13-15-28(16-14-27)34(31,32)24-12-11-22-9-5-6-10-23(22)17-24/h2-4,7-8,11-12,17H,5-6,9-10,13-16,18-19H2,1H3. The molecule has 5 rings (SSSR count). The maximum Gasteiger partial charge on any atom is 0.243 e. The van der Waals surface area contributed by atoms with Gasteiger partial charge in [0.05, 0.1) is 18.1 Å². The highest BCUT2D eigenvalue weighted by Gasteiger charge is 2.29. The van der Waals surface area contributed by atoms with Crippen LogP contribution in [-0.4, -0.2) is 58.1 Å². The molecule has 1 fully saturated rings. The second-order valence-electron chi connectivity index (χ2n) is 9.20. The van der Waals surface area contributed by atoms with Crippen LogP contribution in [0.1, 0.15) is 35.4 Å². The van der Waals surface area contributed by atoms with Crippen molar-refractivity contribution in [3.05, 3.63) is 75.8 Å². The number of fused-ring (bicyclic) bond motifs is 1. The van der Waals surface area contributed by atoms with Crippen molar-refractivity contribution in [2.24, 2.45) is 0 Å². The van der Waals surface area contributed by atoms with Gasteiger partial charge in [-0.15, -0.1) is 0 Å². The Morgan fingerprint density at radius 1 is 0.941 bits per heavy atom. The van der Waals surface area contributed by atoms with E-state index in [9.17, 15) is 8.42 Å². The van der Waals surface area contributed by atoms with Crippen molar-refractivity contribution in [2.45, 2.75) is 50.7 Å². The van der Waals surface area contributed by atoms with Crippen molar-refractivity contribution in [1.82, 2.24) is 23.6 Å². The number of hydrogen-bond acceptors (Lipinski definition) is 5. The largest absolute Gasteiger partial charge is 0.300 e. The molecule has 7 nitrogen and oxygen atoms in total. The fraction of sp³-hybridized carbons (Fsp3) is 0.440. The van der Waals surface area contributed by atoms with Crippen molar-refractivity contribution >= 4 is 22.2 Å². The average Bonchev–Trinajstić information content (AvgIpc) is 3.12. The highest BCUT2D eigenvalue weighted by molar-refractivity contribution is 7.89. The Morgan fingerprint density at radius 3 is 2.38 bits per heavy atom. The van der Waals surface area contributed by atoms with Crippen LogP contribution in [0.3, 0.4) is 0 Å². The quantitative estimate of drug-likeness (QED) is 0.487. The number of aryl methyl sites for hydroxylation is 3. The van der Waals surface area contributed by atoms with Crippen LogP contribution < -0.4 is 0 Å². The molecule has 2 heterocycles. The molecule has 3 aromatic rings. The van der Waals surface area contributed by atoms with Gasteiger partial charge in [0.2, 0.25) is 10.0 Å². The van der Waals surface area contributed by atoms with Gasteiger partial charge in [0.1, 0.15) is 5.82 Å². The van der Waals surface area contributed by atoms with E-state index in [0.717, 1.165) is 25.1 Å². The van der Waals surface area contributed by atoms with Crippen LogP contribution in [0.5, 0.6) is 0 Å². The van der Waals surface area contributed by atoms with Gasteiger partial charge in [0.25, 0.3) is 0 Å². The van der Waals surface area contributed by atoms with Gasteiger partial charge < -0.3 is 0 Å². The molecule has 2 aliphatic rings. The first kappa shape index (κ1) is 23.4. The number of aromatic nitrogens is 3. The minimum Gasteiger partial charge on any atom is -0.300 e. The topological polar surface area (TPSA) is 63.4 Å². The van der Waals surface area contributed by atoms with Crippen LogP contribution in [-0.2, 0) is 36.1 Å². The van der Waals surface area contributed by atoms with Crippen molar-refractivity contribution < 1.29 is 8.42 Å². The maximum absolute atomic E-state index is 13.3. The predicted octanol–water partition coefficient (Wildman–Crippen LogP) is 3.61. The van der Waals surface area contributed by atoms with E-state index in [4.69, 9.17) is 12.2 Å². The molecule has 0 unspecified atom stereocenters. The first-order chi connectivity index (χ1) is 16.4. The predicted molar refractivity (Wildman–Crippen MR) is 135 cm³/mol. The van der Waals surface area contributed by atoms with Gasteiger partial charge in [-0.25, -0.2) is 13.1 Å². The summed E-state index contributed by atoms with van der Waals surface area (Å²) in [7, 11) is -3.48. The fourth-order valence-corrected chi connectivity index (χ4v) is 6.68. The molecule has 0 saturated carbocycles. The molecule has 0 spiro atoms. The van der Waals surface area contributed by atoms with Crippen LogP contribution in [0.15, 0.2) is 53.4 Å². The lowest BCUT2D eigenvalue weighted by Crippen LogP contribution is -2.49. The van der Waals surface area contributed by atoms with E-state index in [-0.39, 0.29) is 0 Å². The number of benzene rings is 2. The lowest BCUT2D eigenvalue weighted by molar-refractivity contribution is 0.144. The molecular weight excluding hydrogens is 466 g/mol. The molecule has 1 aliphatic carbocycles. The fourth-order valence-electron chi connectivity index (χ4n) is 4.91. The molecule has 0 radical (unpaired) electrons. The summed E-state index contributed by atoms with van der Waals surface area (Å²) in [6, 6.07) is 15.9. The Bertz CT molecular complexity index is 1320. The summed E-state index contributed by atoms with van der Waals surface area (Å²) in [5, 5.41) is 4.66. The minimum atomic E-state index is -3.48. The van der Waals surface area contributed by atoms with Crippen LogP contribution in [0, 0.1) is 11.7 Å². The molecule has 34 heavy (non-hydrogen) atoms. The van der Waals surface area contributed by atoms with Crippen molar-refractivity contribution in [3.63, 3.8) is 0 Å². The van der Waals surface area contributed by atoms with E-state index in [0.29, 0.717) is 49.1 Å². The number of hydrogen-bond donors (Lipinski definition) is 0. The highest BCUT2D eigenvalue weighted by Crippen LogP contribution is 2.26. The summed E-state index contributed by atoms with van der Waals surface area (Å²) in [6.45, 7) is 5.46. The third-order valence-corrected chi connectivity index (χ3v) is 9.24. The third-order valence-electron chi connectivity index (χ3n) is 6.91. The Labute approximate surface area is 206 Å². The lowest BCUT2D eigenvalue weighted by atomic mass is 9.92. The zero-order chi connectivity index (χ0) is 23.7. The monoisotopic (exact) mass is 497 g/mol. The van der Waals surface area contributed by atoms with Crippen LogP contribution in [0.2, 0.25) is 0 Å². The number of sulfonamides is 1. The molecule has 0 amide bonds. The minimum absolute atomic E-state index is 0.430. The number of piperazine rings is 1. The molecular formula is C25H31N5O2S2. The van der Waals surface area contributed by atoms with E-state index in [1.54, 1.807) is 10.4 Å². The van der Waals surface area contributed by atoms with Gasteiger partial charge in [-0.2, -0.15) is 9.40 Å². The van der Waals surface area contributed by atoms with Crippen molar-refractivity contribution in [2.75, 3.05) is 26.2 Å². The first-order valence-electron chi connectivity index (χ1n) is 11.9. The smallest absolute Gasteiger partial charge is 0.243 e. The van der Waals surface area contributed by atoms with Crippen LogP contribution in [0.4, 0.5) is 0 Å². The summed E-state index contributed by atoms with van der Waals surface area (Å²) in [4.78, 5) is 2.65. The van der Waals surface area contributed by atoms with Gasteiger partial charge in [-0.05, 0) is 73.6 Å². The van der Waals surface area contributed by atoms with Crippen molar-refractivity contribution in [3.8, 4) is 0 Å². The van der Waals surface area contributed by atoms with E-state index >= 15 is 0 Å². The van der Waals surface area contributed by atoms with Crippen LogP contribution >= 0.6 is 12.2 Å². The summed E-state index contributed by atoms with van der Waals surface area (Å²) in [6.07, 6.45) is 4.36. The van der Waals surface area contributed by atoms with E-state index in [2.05, 4.69) is 22.1 Å². The van der Waals surface area contributed by atoms with E-state index in [1.807, 2.05) is 46.5 Å². The highest BCUT2D eigenvalue weighted by atomic mass is 32.2. The normalized spacial score (nSPS) is 17.6. The van der Waals surface area contributed by atoms with E-state index < -0.39 is 10.0 Å². The van der Waals surface area contributed by atoms with Gasteiger partial charge in [-0.3, -0.25) is 9.47 Å². The van der Waals surface area contributed by atoms with Gasteiger partial charge in [0.15, 0.2) is 4.77 Å². The number of rotatable bonds is 6. The first-order valence-corrected chi connectivity index (χ1v) is 13.8. The second-order valence-corrected chi connectivity index (χ2v) is 11.5. The van der Waals surface area contributed by atoms with Crippen molar-refractivity contribution in [1.29, 1.82) is 0 Å². The molecule has 1 aliphatic heterocycles. The lowest BCUT2D eigenvalue weighted by Gasteiger charge is -2.33. The SMILES string of the molecule is Cc1nn(CN2CCN(S(=O)(=O)c3ccc4c(c3)CCCC4)CC2)c(=S)n1Cc1ccccc1. The van der Waals surface area contributed by atoms with Gasteiger partial charge in [0, 0.05) is 26.2 Å². The molecule has 180 valence electrons. The molecule has 0 bridgehead atoms. The average molecular weight is 498 g/mol. The molecule has 0 atom stereocenters. The molecule has 9 heteroatoms. The number of nitrogens with zero attached hydrogens (tertiary/aromatic N) is 5. The summed E-state index contributed by atoms with van der Waals surface area (Å²) < 4.78 is 32.8. The third kappa shape index (κ3) is 4.75. The summed E-state index contributed by atoms with van der Waals surface area (Å²) in [5.41, 5.74) is 3.68. The Balaban J connectivity index is 1.24. The van der Waals surface area contributed by atoms with E-state index in [1.165, 1.54) is 23.1 Å². The molecule has 2 aromatic carbocycles. The zero-order valence-corrected chi connectivity index (χ0v) is 21.2. The van der Waals surface area contributed by atoms with Gasteiger partial charge >= 0.3 is 0 Å². The molecule has 1 saturated heterocycles. The Hall–Kier alpha value is -2.33. The summed E-state index contributed by atoms with van der Waals surface area (Å²) >= 11 is 5.71. The Morgan fingerprint density at radius 2 is 1.65 bits per heavy atom. The molecule has 1 aromatic heterocycles. The summed E-state index contributed by atoms with van der Waals surface area (Å²) in [5.74, 6) is 0.877. The maximum atomic E-state index is 13.3. The zero-order valence-electron chi connectivity index (χ0n) is 19.6. The second kappa shape index (κ2) is 9.73. The Kier molecular flexibility index (Phi) is 6.70. The van der Waals surface area contributed by atoms with Crippen LogP contribution in [0.25, 0.3) is 0 Å². The molecule has 0 N–H and O–H groups in total.